The van der Waals surface area contributed by atoms with Gasteiger partial charge in [0.2, 0.25) is 14.7 Å². The molecule has 9 heteroatoms. The molecule has 2 aromatic carbocycles. The smallest absolute Gasteiger partial charge is 0.279 e. The first kappa shape index (κ1) is 22.1. The highest BCUT2D eigenvalue weighted by Crippen LogP contribution is 2.39. The number of carbonyl (C=O) groups is 1. The molecule has 2 aromatic rings. The van der Waals surface area contributed by atoms with Crippen molar-refractivity contribution in [3.8, 4) is 11.5 Å². The van der Waals surface area contributed by atoms with Crippen LogP contribution in [0.3, 0.4) is 0 Å². The van der Waals surface area contributed by atoms with E-state index in [0.29, 0.717) is 24.5 Å². The van der Waals surface area contributed by atoms with Gasteiger partial charge in [-0.2, -0.15) is 0 Å². The van der Waals surface area contributed by atoms with Crippen LogP contribution in [-0.4, -0.2) is 50.1 Å². The van der Waals surface area contributed by atoms with Gasteiger partial charge in [-0.3, -0.25) is 14.9 Å². The van der Waals surface area contributed by atoms with Gasteiger partial charge >= 0.3 is 0 Å². The summed E-state index contributed by atoms with van der Waals surface area (Å²) in [6.07, 6.45) is 1.36. The van der Waals surface area contributed by atoms with Gasteiger partial charge in [-0.15, -0.1) is 0 Å². The van der Waals surface area contributed by atoms with Crippen molar-refractivity contribution in [3.63, 3.8) is 0 Å². The number of methoxy groups -OCH3 is 2. The molecule has 0 bridgehead atoms. The van der Waals surface area contributed by atoms with Crippen molar-refractivity contribution in [1.29, 1.82) is 0 Å². The predicted molar refractivity (Wildman–Crippen MR) is 110 cm³/mol. The molecule has 1 saturated heterocycles. The first-order valence-corrected chi connectivity index (χ1v) is 11.1. The lowest BCUT2D eigenvalue weighted by molar-refractivity contribution is -0.139. The number of rotatable bonds is 7. The second-order valence-electron chi connectivity index (χ2n) is 7.13. The maximum Gasteiger partial charge on any atom is 0.279 e. The molecular weight excluding hydrogens is 408 g/mol. The minimum atomic E-state index is -4.17. The van der Waals surface area contributed by atoms with E-state index in [1.807, 2.05) is 12.1 Å². The van der Waals surface area contributed by atoms with Crippen molar-refractivity contribution in [2.75, 3.05) is 20.8 Å². The van der Waals surface area contributed by atoms with Gasteiger partial charge in [-0.05, 0) is 61.2 Å². The largest absolute Gasteiger partial charge is 0.497 e. The van der Waals surface area contributed by atoms with Crippen LogP contribution < -0.4 is 15.0 Å². The van der Waals surface area contributed by atoms with Crippen molar-refractivity contribution >= 4 is 15.7 Å². The van der Waals surface area contributed by atoms with Gasteiger partial charge < -0.3 is 9.47 Å². The zero-order valence-electron chi connectivity index (χ0n) is 17.0. The number of ether oxygens (including phenoxy) is 2. The van der Waals surface area contributed by atoms with E-state index in [2.05, 4.69) is 0 Å². The molecule has 1 aliphatic heterocycles. The summed E-state index contributed by atoms with van der Waals surface area (Å²) < 4.78 is 37.7. The first-order chi connectivity index (χ1) is 14.4. The van der Waals surface area contributed by atoms with Crippen LogP contribution in [0.4, 0.5) is 0 Å². The SMILES string of the molecule is COc1ccc(CN2CCCCC2(C(=O)NO)S(=O)(=O)c2ccc(OC)cc2)cc1. The molecular formula is C21H26N2O6S. The number of likely N-dealkylation sites (tertiary alicyclic amines) is 1. The third kappa shape index (κ3) is 3.88. The molecule has 0 aromatic heterocycles. The number of hydroxylamine groups is 1. The summed E-state index contributed by atoms with van der Waals surface area (Å²) in [5.41, 5.74) is 2.43. The van der Waals surface area contributed by atoms with E-state index in [4.69, 9.17) is 9.47 Å². The van der Waals surface area contributed by atoms with Crippen LogP contribution in [0.5, 0.6) is 11.5 Å². The lowest BCUT2D eigenvalue weighted by Crippen LogP contribution is -2.64. The topological polar surface area (TPSA) is 105 Å². The van der Waals surface area contributed by atoms with Crippen LogP contribution in [0.15, 0.2) is 53.4 Å². The average Bonchev–Trinajstić information content (AvgIpc) is 2.79. The quantitative estimate of drug-likeness (QED) is 0.509. The number of sulfone groups is 1. The summed E-state index contributed by atoms with van der Waals surface area (Å²) >= 11 is 0. The number of hydrogen-bond acceptors (Lipinski definition) is 7. The minimum absolute atomic E-state index is 0.00599. The normalized spacial score (nSPS) is 19.8. The van der Waals surface area contributed by atoms with Gasteiger partial charge in [-0.1, -0.05) is 12.1 Å². The molecule has 1 heterocycles. The van der Waals surface area contributed by atoms with E-state index in [1.165, 1.54) is 31.4 Å². The van der Waals surface area contributed by atoms with Gasteiger partial charge in [0.25, 0.3) is 5.91 Å². The molecule has 0 aliphatic carbocycles. The Morgan fingerprint density at radius 2 is 1.60 bits per heavy atom. The monoisotopic (exact) mass is 434 g/mol. The molecule has 1 amide bonds. The molecule has 0 spiro atoms. The van der Waals surface area contributed by atoms with Crippen molar-refractivity contribution in [2.45, 2.75) is 35.6 Å². The van der Waals surface area contributed by atoms with Crippen molar-refractivity contribution in [1.82, 2.24) is 10.4 Å². The number of nitrogens with zero attached hydrogens (tertiary/aromatic N) is 1. The summed E-state index contributed by atoms with van der Waals surface area (Å²) in [4.78, 5) is 12.6. The molecule has 162 valence electrons. The van der Waals surface area contributed by atoms with E-state index in [-0.39, 0.29) is 17.9 Å². The Hall–Kier alpha value is -2.62. The van der Waals surface area contributed by atoms with E-state index in [0.717, 1.165) is 12.0 Å². The molecule has 0 radical (unpaired) electrons. The van der Waals surface area contributed by atoms with E-state index < -0.39 is 20.6 Å². The van der Waals surface area contributed by atoms with Crippen LogP contribution in [0.25, 0.3) is 0 Å². The lowest BCUT2D eigenvalue weighted by atomic mass is 9.99. The molecule has 1 atom stereocenters. The number of amides is 1. The summed E-state index contributed by atoms with van der Waals surface area (Å²) in [5, 5.41) is 9.47. The molecule has 0 saturated carbocycles. The Bertz CT molecular complexity index is 976. The van der Waals surface area contributed by atoms with E-state index in [1.54, 1.807) is 29.6 Å². The summed E-state index contributed by atoms with van der Waals surface area (Å²) in [6, 6.07) is 13.1. The van der Waals surface area contributed by atoms with Crippen LogP contribution in [0.2, 0.25) is 0 Å². The Balaban J connectivity index is 2.06. The molecule has 1 unspecified atom stereocenters. The number of benzene rings is 2. The Labute approximate surface area is 176 Å². The Kier molecular flexibility index (Phi) is 6.64. The van der Waals surface area contributed by atoms with Crippen molar-refractivity contribution in [3.05, 3.63) is 54.1 Å². The van der Waals surface area contributed by atoms with Gasteiger partial charge in [0.05, 0.1) is 19.1 Å². The van der Waals surface area contributed by atoms with Crippen LogP contribution in [-0.2, 0) is 21.2 Å². The molecule has 1 aliphatic rings. The Morgan fingerprint density at radius 3 is 2.13 bits per heavy atom. The van der Waals surface area contributed by atoms with Gasteiger partial charge in [-0.25, -0.2) is 13.9 Å². The third-order valence-electron chi connectivity index (χ3n) is 5.51. The number of carbonyl (C=O) groups excluding carboxylic acids is 1. The van der Waals surface area contributed by atoms with Gasteiger partial charge in [0.15, 0.2) is 0 Å². The van der Waals surface area contributed by atoms with Gasteiger partial charge in [0, 0.05) is 13.1 Å². The van der Waals surface area contributed by atoms with Crippen LogP contribution >= 0.6 is 0 Å². The molecule has 30 heavy (non-hydrogen) atoms. The third-order valence-corrected chi connectivity index (χ3v) is 7.94. The van der Waals surface area contributed by atoms with Crippen molar-refractivity contribution < 1.29 is 27.9 Å². The highest BCUT2D eigenvalue weighted by Gasteiger charge is 2.56. The zero-order chi connectivity index (χ0) is 21.8. The van der Waals surface area contributed by atoms with Crippen molar-refractivity contribution in [2.24, 2.45) is 0 Å². The van der Waals surface area contributed by atoms with E-state index >= 15 is 0 Å². The molecule has 1 fully saturated rings. The number of piperidine rings is 1. The molecule has 8 nitrogen and oxygen atoms in total. The summed E-state index contributed by atoms with van der Waals surface area (Å²) in [6.45, 7) is 0.627. The highest BCUT2D eigenvalue weighted by atomic mass is 32.2. The molecule has 3 rings (SSSR count). The zero-order valence-corrected chi connectivity index (χ0v) is 17.8. The predicted octanol–water partition coefficient (Wildman–Crippen LogP) is 2.37. The number of nitrogens with one attached hydrogen (secondary N) is 1. The van der Waals surface area contributed by atoms with Crippen LogP contribution in [0.1, 0.15) is 24.8 Å². The van der Waals surface area contributed by atoms with Gasteiger partial charge in [0.1, 0.15) is 11.5 Å². The highest BCUT2D eigenvalue weighted by molar-refractivity contribution is 7.93. The fourth-order valence-electron chi connectivity index (χ4n) is 3.88. The maximum absolute atomic E-state index is 13.7. The summed E-state index contributed by atoms with van der Waals surface area (Å²) in [5.74, 6) is 0.238. The Morgan fingerprint density at radius 1 is 1.03 bits per heavy atom. The number of hydrogen-bond donors (Lipinski definition) is 2. The fraction of sp³-hybridized carbons (Fsp3) is 0.381. The minimum Gasteiger partial charge on any atom is -0.497 e. The standard InChI is InChI=1S/C21H26N2O6S/c1-28-17-7-5-16(6-8-17)15-23-14-4-3-13-21(23,20(24)22-25)30(26,27)19-11-9-18(29-2)10-12-19/h5-12,25H,3-4,13-15H2,1-2H3,(H,22,24). The summed E-state index contributed by atoms with van der Waals surface area (Å²) in [7, 11) is -1.11. The molecule has 2 N–H and O–H groups in total. The van der Waals surface area contributed by atoms with Crippen LogP contribution in [0, 0.1) is 0 Å². The fourth-order valence-corrected chi connectivity index (χ4v) is 5.97. The van der Waals surface area contributed by atoms with E-state index in [9.17, 15) is 18.4 Å². The lowest BCUT2D eigenvalue weighted by Gasteiger charge is -2.44. The second-order valence-corrected chi connectivity index (χ2v) is 9.28. The average molecular weight is 435 g/mol. The maximum atomic E-state index is 13.7. The first-order valence-electron chi connectivity index (χ1n) is 9.60. The second kappa shape index (κ2) is 9.03.